The molecule has 2 saturated carbocycles. The van der Waals surface area contributed by atoms with Crippen LogP contribution in [0.25, 0.3) is 0 Å². The third-order valence-electron chi connectivity index (χ3n) is 11.9. The minimum Gasteiger partial charge on any atom is -0.393 e. The van der Waals surface area contributed by atoms with E-state index in [0.29, 0.717) is 55.1 Å². The molecule has 0 aromatic heterocycles. The van der Waals surface area contributed by atoms with E-state index in [1.54, 1.807) is 0 Å². The topological polar surface area (TPSA) is 74.6 Å². The van der Waals surface area contributed by atoms with Crippen LogP contribution in [0.15, 0.2) is 23.3 Å². The number of carbonyl (C=O) groups is 2. The second-order valence-corrected chi connectivity index (χ2v) is 14.1. The fraction of sp³-hybridized carbons (Fsp3) is 0.806. The molecule has 4 nitrogen and oxygen atoms in total. The Bertz CT molecular complexity index is 972. The molecule has 0 amide bonds. The number of carbonyl (C=O) groups excluding carboxylic acids is 2. The maximum atomic E-state index is 14.1. The van der Waals surface area contributed by atoms with E-state index < -0.39 is 33.9 Å². The van der Waals surface area contributed by atoms with E-state index in [4.69, 9.17) is 0 Å². The van der Waals surface area contributed by atoms with Gasteiger partial charge in [-0.15, -0.1) is 0 Å². The number of hydrogen-bond acceptors (Lipinski definition) is 4. The predicted molar refractivity (Wildman–Crippen MR) is 140 cm³/mol. The Morgan fingerprint density at radius 1 is 1.00 bits per heavy atom. The summed E-state index contributed by atoms with van der Waals surface area (Å²) < 4.78 is 0. The lowest BCUT2D eigenvalue weighted by atomic mass is 9.42. The second-order valence-electron chi connectivity index (χ2n) is 14.1. The van der Waals surface area contributed by atoms with Gasteiger partial charge in [0.2, 0.25) is 0 Å². The summed E-state index contributed by atoms with van der Waals surface area (Å²) in [4.78, 5) is 28.0. The molecule has 8 atom stereocenters. The number of allylic oxidation sites excluding steroid dienone is 2. The second kappa shape index (κ2) is 8.38. The largest absolute Gasteiger partial charge is 0.393 e. The van der Waals surface area contributed by atoms with Crippen molar-refractivity contribution in [3.63, 3.8) is 0 Å². The summed E-state index contributed by atoms with van der Waals surface area (Å²) in [5, 5.41) is 22.4. The average molecular weight is 485 g/mol. The lowest BCUT2D eigenvalue weighted by molar-refractivity contribution is -0.144. The van der Waals surface area contributed by atoms with Crippen LogP contribution >= 0.6 is 0 Å². The zero-order valence-corrected chi connectivity index (χ0v) is 23.3. The zero-order chi connectivity index (χ0) is 26.3. The molecule has 0 aromatic carbocycles. The number of fused-ring (bicyclic) bond motifs is 4. The molecule has 0 unspecified atom stereocenters. The molecule has 0 aliphatic heterocycles. The van der Waals surface area contributed by atoms with Gasteiger partial charge >= 0.3 is 0 Å². The molecule has 0 heterocycles. The van der Waals surface area contributed by atoms with Crippen LogP contribution in [0.3, 0.4) is 0 Å². The summed E-state index contributed by atoms with van der Waals surface area (Å²) >= 11 is 0. The maximum Gasteiger partial charge on any atom is 0.160 e. The van der Waals surface area contributed by atoms with Crippen LogP contribution in [0.5, 0.6) is 0 Å². The number of aliphatic hydroxyl groups excluding tert-OH is 2. The van der Waals surface area contributed by atoms with Gasteiger partial charge in [0.05, 0.1) is 12.2 Å². The number of aliphatic hydroxyl groups is 2. The molecule has 2 fully saturated rings. The van der Waals surface area contributed by atoms with E-state index in [1.807, 2.05) is 13.8 Å². The van der Waals surface area contributed by atoms with Gasteiger partial charge in [0.15, 0.2) is 11.6 Å². The molecule has 0 saturated heterocycles. The number of Topliss-reactive ketones (excluding diaryl/α,β-unsaturated/α-hetero) is 2. The number of rotatable bonds is 5. The van der Waals surface area contributed by atoms with E-state index >= 15 is 0 Å². The van der Waals surface area contributed by atoms with Crippen LogP contribution in [0, 0.1) is 45.3 Å². The van der Waals surface area contributed by atoms with Crippen molar-refractivity contribution in [1.82, 2.24) is 0 Å². The summed E-state index contributed by atoms with van der Waals surface area (Å²) in [5.74, 6) is 0.999. The highest BCUT2D eigenvalue weighted by Gasteiger charge is 2.70. The Kier molecular flexibility index (Phi) is 6.41. The average Bonchev–Trinajstić information content (AvgIpc) is 2.97. The van der Waals surface area contributed by atoms with E-state index in [0.717, 1.165) is 12.8 Å². The summed E-state index contributed by atoms with van der Waals surface area (Å²) in [5.41, 5.74) is 0.518. The highest BCUT2D eigenvalue weighted by Crippen LogP contribution is 2.71. The van der Waals surface area contributed by atoms with Crippen molar-refractivity contribution < 1.29 is 19.8 Å². The molecule has 4 rings (SSSR count). The highest BCUT2D eigenvalue weighted by molar-refractivity contribution is 6.11. The molecule has 4 aliphatic rings. The summed E-state index contributed by atoms with van der Waals surface area (Å²) in [6.45, 7) is 21.3. The fourth-order valence-electron chi connectivity index (χ4n) is 9.00. The summed E-state index contributed by atoms with van der Waals surface area (Å²) in [6, 6.07) is 0. The SMILES string of the molecule is C=C(CC[C@@H](C)[C@H]1C[C@H](O)[C@@]2(C)C3=C(C(=O)C[C@]12C)[C@@]1(C)CC[C@H](O)C(C)(C)[C@@H]1CC3=O)C(C)C. The Labute approximate surface area is 212 Å². The summed E-state index contributed by atoms with van der Waals surface area (Å²) in [6.07, 6.45) is 3.53. The van der Waals surface area contributed by atoms with Crippen molar-refractivity contribution in [2.24, 2.45) is 45.3 Å². The number of hydrogen-bond donors (Lipinski definition) is 2. The van der Waals surface area contributed by atoms with Crippen LogP contribution in [0.1, 0.15) is 100 Å². The molecule has 0 bridgehead atoms. The van der Waals surface area contributed by atoms with Gasteiger partial charge in [-0.1, -0.05) is 67.5 Å². The molecule has 0 spiro atoms. The first-order valence-corrected chi connectivity index (χ1v) is 13.9. The van der Waals surface area contributed by atoms with Gasteiger partial charge in [-0.25, -0.2) is 0 Å². The summed E-state index contributed by atoms with van der Waals surface area (Å²) in [7, 11) is 0. The Morgan fingerprint density at radius 2 is 1.63 bits per heavy atom. The van der Waals surface area contributed by atoms with Crippen molar-refractivity contribution in [1.29, 1.82) is 0 Å². The van der Waals surface area contributed by atoms with Gasteiger partial charge in [-0.3, -0.25) is 9.59 Å². The maximum absolute atomic E-state index is 14.1. The van der Waals surface area contributed by atoms with Crippen molar-refractivity contribution >= 4 is 11.6 Å². The molecule has 4 aliphatic carbocycles. The van der Waals surface area contributed by atoms with Crippen LogP contribution in [0.4, 0.5) is 0 Å². The zero-order valence-electron chi connectivity index (χ0n) is 23.3. The first-order valence-electron chi connectivity index (χ1n) is 13.9. The molecular formula is C31H48O4. The van der Waals surface area contributed by atoms with E-state index in [9.17, 15) is 19.8 Å². The quantitative estimate of drug-likeness (QED) is 0.466. The molecule has 35 heavy (non-hydrogen) atoms. The van der Waals surface area contributed by atoms with Crippen LogP contribution in [-0.4, -0.2) is 34.0 Å². The van der Waals surface area contributed by atoms with Gasteiger partial charge in [-0.2, -0.15) is 0 Å². The van der Waals surface area contributed by atoms with Gasteiger partial charge < -0.3 is 10.2 Å². The Morgan fingerprint density at radius 3 is 2.23 bits per heavy atom. The van der Waals surface area contributed by atoms with Gasteiger partial charge in [-0.05, 0) is 66.6 Å². The monoisotopic (exact) mass is 484 g/mol. The fourth-order valence-corrected chi connectivity index (χ4v) is 9.00. The Hall–Kier alpha value is -1.26. The van der Waals surface area contributed by atoms with Crippen LogP contribution in [0.2, 0.25) is 0 Å². The van der Waals surface area contributed by atoms with Crippen molar-refractivity contribution in [2.75, 3.05) is 0 Å². The first-order chi connectivity index (χ1) is 16.0. The minimum absolute atomic E-state index is 0.0203. The van der Waals surface area contributed by atoms with Gasteiger partial charge in [0.25, 0.3) is 0 Å². The molecule has 2 N–H and O–H groups in total. The van der Waals surface area contributed by atoms with Crippen molar-refractivity contribution in [3.8, 4) is 0 Å². The normalized spacial score (nSPS) is 43.6. The molecule has 4 heteroatoms. The molecule has 0 aromatic rings. The highest BCUT2D eigenvalue weighted by atomic mass is 16.3. The smallest absolute Gasteiger partial charge is 0.160 e. The van der Waals surface area contributed by atoms with Gasteiger partial charge in [0, 0.05) is 34.8 Å². The van der Waals surface area contributed by atoms with Gasteiger partial charge in [0.1, 0.15) is 0 Å². The third-order valence-corrected chi connectivity index (χ3v) is 11.9. The van der Waals surface area contributed by atoms with Crippen molar-refractivity contribution in [3.05, 3.63) is 23.3 Å². The third kappa shape index (κ3) is 3.52. The van der Waals surface area contributed by atoms with E-state index in [1.165, 1.54) is 5.57 Å². The number of ketones is 2. The van der Waals surface area contributed by atoms with Crippen molar-refractivity contribution in [2.45, 2.75) is 113 Å². The molecule has 196 valence electrons. The standard InChI is InChI=1S/C31H48O4/c1-17(2)18(3)10-11-19(4)20-14-25(35)31(9)27-21(32)15-23-28(5,6)24(34)12-13-29(23,7)26(27)22(33)16-30(20,31)8/h17,19-20,23-25,34-35H,3,10-16H2,1-2,4-9H3/t19-,20-,23+,24+,25+,29+,30-,31+/m1/s1. The lowest BCUT2D eigenvalue weighted by Crippen LogP contribution is -2.60. The van der Waals surface area contributed by atoms with Crippen LogP contribution in [-0.2, 0) is 9.59 Å². The first kappa shape index (κ1) is 26.8. The lowest BCUT2D eigenvalue weighted by Gasteiger charge is -2.60. The minimum atomic E-state index is -0.727. The molecular weight excluding hydrogens is 436 g/mol. The van der Waals surface area contributed by atoms with E-state index in [2.05, 4.69) is 48.1 Å². The van der Waals surface area contributed by atoms with Crippen LogP contribution < -0.4 is 0 Å². The predicted octanol–water partition coefficient (Wildman–Crippen LogP) is 6.05. The van der Waals surface area contributed by atoms with E-state index in [-0.39, 0.29) is 23.4 Å². The Balaban J connectivity index is 1.78. The molecule has 0 radical (unpaired) electrons.